The minimum atomic E-state index is -0.520. The SMILES string of the molecule is CCn1c(C)c(C(=O)CN(C[C@H]2CCCO2)C(=O)c2cccc(F)c2)c(C)c1C(=O)OC. The van der Waals surface area contributed by atoms with Crippen LogP contribution in [-0.4, -0.2) is 60.0 Å². The highest BCUT2D eigenvalue weighted by molar-refractivity contribution is 6.06. The smallest absolute Gasteiger partial charge is 0.354 e. The lowest BCUT2D eigenvalue weighted by Gasteiger charge is -2.25. The van der Waals surface area contributed by atoms with Crippen LogP contribution < -0.4 is 0 Å². The topological polar surface area (TPSA) is 77.8 Å². The van der Waals surface area contributed by atoms with E-state index in [2.05, 4.69) is 0 Å². The second kappa shape index (κ2) is 10.1. The van der Waals surface area contributed by atoms with Gasteiger partial charge in [-0.15, -0.1) is 0 Å². The van der Waals surface area contributed by atoms with Crippen molar-refractivity contribution in [2.75, 3.05) is 26.8 Å². The van der Waals surface area contributed by atoms with E-state index in [-0.39, 0.29) is 30.5 Å². The number of carbonyl (C=O) groups is 3. The lowest BCUT2D eigenvalue weighted by atomic mass is 10.0. The van der Waals surface area contributed by atoms with E-state index in [1.807, 2.05) is 6.92 Å². The fraction of sp³-hybridized carbons (Fsp3) is 0.458. The van der Waals surface area contributed by atoms with Gasteiger partial charge in [-0.3, -0.25) is 9.59 Å². The average molecular weight is 445 g/mol. The summed E-state index contributed by atoms with van der Waals surface area (Å²) in [7, 11) is 1.30. The molecule has 1 aromatic carbocycles. The van der Waals surface area contributed by atoms with Crippen LogP contribution in [0.3, 0.4) is 0 Å². The minimum absolute atomic E-state index is 0.172. The molecule has 1 saturated heterocycles. The first kappa shape index (κ1) is 23.7. The first-order valence-corrected chi connectivity index (χ1v) is 10.8. The van der Waals surface area contributed by atoms with Crippen LogP contribution in [0.5, 0.6) is 0 Å². The number of halogens is 1. The molecule has 32 heavy (non-hydrogen) atoms. The number of esters is 1. The molecule has 1 aromatic heterocycles. The third kappa shape index (κ3) is 4.75. The second-order valence-electron chi connectivity index (χ2n) is 7.92. The summed E-state index contributed by atoms with van der Waals surface area (Å²) in [6.45, 7) is 6.49. The number of rotatable bonds is 8. The Morgan fingerprint density at radius 1 is 1.28 bits per heavy atom. The number of benzene rings is 1. The van der Waals surface area contributed by atoms with E-state index in [0.717, 1.165) is 18.9 Å². The summed E-state index contributed by atoms with van der Waals surface area (Å²) >= 11 is 0. The van der Waals surface area contributed by atoms with Gasteiger partial charge < -0.3 is 18.9 Å². The predicted molar refractivity (Wildman–Crippen MR) is 117 cm³/mol. The molecule has 1 amide bonds. The number of methoxy groups -OCH3 is 1. The van der Waals surface area contributed by atoms with Gasteiger partial charge in [0.2, 0.25) is 0 Å². The Morgan fingerprint density at radius 3 is 2.62 bits per heavy atom. The molecule has 0 spiro atoms. The van der Waals surface area contributed by atoms with Crippen molar-refractivity contribution in [3.05, 3.63) is 58.2 Å². The first-order valence-electron chi connectivity index (χ1n) is 10.8. The molecule has 0 N–H and O–H groups in total. The second-order valence-corrected chi connectivity index (χ2v) is 7.92. The van der Waals surface area contributed by atoms with E-state index in [4.69, 9.17) is 9.47 Å². The lowest BCUT2D eigenvalue weighted by molar-refractivity contribution is 0.0506. The number of ether oxygens (including phenoxy) is 2. The summed E-state index contributed by atoms with van der Waals surface area (Å²) in [5.41, 5.74) is 2.07. The van der Waals surface area contributed by atoms with Crippen LogP contribution in [-0.2, 0) is 16.0 Å². The maximum Gasteiger partial charge on any atom is 0.354 e. The molecular weight excluding hydrogens is 415 g/mol. The van der Waals surface area contributed by atoms with Crippen molar-refractivity contribution < 1.29 is 28.2 Å². The summed E-state index contributed by atoms with van der Waals surface area (Å²) in [4.78, 5) is 40.3. The van der Waals surface area contributed by atoms with Gasteiger partial charge >= 0.3 is 5.97 Å². The van der Waals surface area contributed by atoms with Crippen molar-refractivity contribution in [1.29, 1.82) is 0 Å². The van der Waals surface area contributed by atoms with Gasteiger partial charge in [-0.2, -0.15) is 0 Å². The normalized spacial score (nSPS) is 15.6. The molecule has 2 heterocycles. The summed E-state index contributed by atoms with van der Waals surface area (Å²) < 4.78 is 26.0. The number of hydrogen-bond acceptors (Lipinski definition) is 5. The highest BCUT2D eigenvalue weighted by Crippen LogP contribution is 2.25. The van der Waals surface area contributed by atoms with E-state index in [1.165, 1.54) is 30.2 Å². The van der Waals surface area contributed by atoms with E-state index < -0.39 is 17.7 Å². The van der Waals surface area contributed by atoms with Crippen LogP contribution in [0.15, 0.2) is 24.3 Å². The lowest BCUT2D eigenvalue weighted by Crippen LogP contribution is -2.41. The highest BCUT2D eigenvalue weighted by Gasteiger charge is 2.30. The maximum absolute atomic E-state index is 13.7. The zero-order valence-corrected chi connectivity index (χ0v) is 18.9. The van der Waals surface area contributed by atoms with Gasteiger partial charge in [-0.1, -0.05) is 6.07 Å². The molecule has 0 saturated carbocycles. The van der Waals surface area contributed by atoms with Crippen molar-refractivity contribution >= 4 is 17.7 Å². The molecule has 0 radical (unpaired) electrons. The molecule has 7 nitrogen and oxygen atoms in total. The van der Waals surface area contributed by atoms with Crippen LogP contribution in [0.25, 0.3) is 0 Å². The molecule has 3 rings (SSSR count). The Labute approximate surface area is 187 Å². The quantitative estimate of drug-likeness (QED) is 0.460. The summed E-state index contributed by atoms with van der Waals surface area (Å²) in [5, 5.41) is 0. The molecule has 1 atom stereocenters. The number of Topliss-reactive ketones (excluding diaryl/α,β-unsaturated/α-hetero) is 1. The van der Waals surface area contributed by atoms with Gasteiger partial charge in [0, 0.05) is 36.5 Å². The van der Waals surface area contributed by atoms with Crippen molar-refractivity contribution in [3.8, 4) is 0 Å². The number of amides is 1. The Kier molecular flexibility index (Phi) is 7.45. The van der Waals surface area contributed by atoms with Crippen LogP contribution in [0.1, 0.15) is 62.2 Å². The van der Waals surface area contributed by atoms with Crippen LogP contribution in [0.2, 0.25) is 0 Å². The molecule has 0 bridgehead atoms. The first-order chi connectivity index (χ1) is 15.3. The fourth-order valence-corrected chi connectivity index (χ4v) is 4.37. The number of carbonyl (C=O) groups excluding carboxylic acids is 3. The monoisotopic (exact) mass is 444 g/mol. The van der Waals surface area contributed by atoms with Crippen molar-refractivity contribution in [2.24, 2.45) is 0 Å². The predicted octanol–water partition coefficient (Wildman–Crippen LogP) is 3.55. The van der Waals surface area contributed by atoms with Gasteiger partial charge in [0.1, 0.15) is 11.5 Å². The third-order valence-corrected chi connectivity index (χ3v) is 5.88. The molecule has 0 aliphatic carbocycles. The Hall–Kier alpha value is -3.00. The minimum Gasteiger partial charge on any atom is -0.464 e. The van der Waals surface area contributed by atoms with Gasteiger partial charge in [-0.25, -0.2) is 9.18 Å². The number of ketones is 1. The van der Waals surface area contributed by atoms with Gasteiger partial charge in [0.05, 0.1) is 19.8 Å². The Morgan fingerprint density at radius 2 is 2.03 bits per heavy atom. The van der Waals surface area contributed by atoms with E-state index in [9.17, 15) is 18.8 Å². The van der Waals surface area contributed by atoms with E-state index >= 15 is 0 Å². The molecular formula is C24H29FN2O5. The molecule has 0 unspecified atom stereocenters. The van der Waals surface area contributed by atoms with Crippen LogP contribution >= 0.6 is 0 Å². The zero-order chi connectivity index (χ0) is 23.4. The van der Waals surface area contributed by atoms with Gasteiger partial charge in [-0.05, 0) is 57.4 Å². The summed E-state index contributed by atoms with van der Waals surface area (Å²) in [6, 6.07) is 5.42. The molecule has 1 fully saturated rings. The van der Waals surface area contributed by atoms with Gasteiger partial charge in [0.15, 0.2) is 5.78 Å². The third-order valence-electron chi connectivity index (χ3n) is 5.88. The maximum atomic E-state index is 13.7. The summed E-state index contributed by atoms with van der Waals surface area (Å²) in [5.74, 6) is -1.76. The fourth-order valence-electron chi connectivity index (χ4n) is 4.37. The van der Waals surface area contributed by atoms with Gasteiger partial charge in [0.25, 0.3) is 5.91 Å². The van der Waals surface area contributed by atoms with E-state index in [1.54, 1.807) is 18.4 Å². The molecule has 8 heteroatoms. The number of aromatic nitrogens is 1. The molecule has 1 aliphatic rings. The molecule has 1 aliphatic heterocycles. The highest BCUT2D eigenvalue weighted by atomic mass is 19.1. The number of hydrogen-bond donors (Lipinski definition) is 0. The molecule has 172 valence electrons. The van der Waals surface area contributed by atoms with Crippen molar-refractivity contribution in [2.45, 2.75) is 46.3 Å². The molecule has 2 aromatic rings. The Bertz CT molecular complexity index is 1020. The number of nitrogens with zero attached hydrogens (tertiary/aromatic N) is 2. The zero-order valence-electron chi connectivity index (χ0n) is 18.9. The van der Waals surface area contributed by atoms with Crippen LogP contribution in [0.4, 0.5) is 4.39 Å². The Balaban J connectivity index is 1.94. The van der Waals surface area contributed by atoms with Crippen molar-refractivity contribution in [3.63, 3.8) is 0 Å². The van der Waals surface area contributed by atoms with E-state index in [0.29, 0.717) is 35.7 Å². The average Bonchev–Trinajstić information content (AvgIpc) is 3.37. The van der Waals surface area contributed by atoms with Crippen molar-refractivity contribution in [1.82, 2.24) is 9.47 Å². The largest absolute Gasteiger partial charge is 0.464 e. The standard InChI is InChI=1S/C24H29FN2O5/c1-5-27-16(3)21(15(2)22(27)24(30)31-4)20(28)14-26(13-19-10-7-11-32-19)23(29)17-8-6-9-18(25)12-17/h6,8-9,12,19H,5,7,10-11,13-14H2,1-4H3/t19-/m1/s1. The summed E-state index contributed by atoms with van der Waals surface area (Å²) in [6.07, 6.45) is 1.51. The van der Waals surface area contributed by atoms with Crippen LogP contribution in [0, 0.1) is 19.7 Å².